The molecule has 0 saturated carbocycles. The lowest BCUT2D eigenvalue weighted by Crippen LogP contribution is -2.31. The van der Waals surface area contributed by atoms with Gasteiger partial charge in [-0.3, -0.25) is 4.98 Å². The molecule has 0 aromatic carbocycles. The zero-order chi connectivity index (χ0) is 16.4. The van der Waals surface area contributed by atoms with Crippen molar-refractivity contribution in [2.75, 3.05) is 13.1 Å². The number of hydrogen-bond acceptors (Lipinski definition) is 5. The molecule has 124 valence electrons. The second-order valence-electron chi connectivity index (χ2n) is 5.83. The van der Waals surface area contributed by atoms with Crippen LogP contribution in [0.25, 0.3) is 0 Å². The summed E-state index contributed by atoms with van der Waals surface area (Å²) in [4.78, 5) is 8.04. The summed E-state index contributed by atoms with van der Waals surface area (Å²) in [6.07, 6.45) is 6.91. The van der Waals surface area contributed by atoms with Crippen molar-refractivity contribution in [3.8, 4) is 5.75 Å². The molecule has 1 atom stereocenters. The van der Waals surface area contributed by atoms with Crippen LogP contribution >= 0.6 is 0 Å². The number of imidazole rings is 1. The Morgan fingerprint density at radius 3 is 2.87 bits per heavy atom. The van der Waals surface area contributed by atoms with Gasteiger partial charge in [0, 0.05) is 25.0 Å². The van der Waals surface area contributed by atoms with Crippen LogP contribution in [0.15, 0.2) is 42.1 Å². The normalized spacial score (nSPS) is 19.3. The van der Waals surface area contributed by atoms with E-state index in [0.29, 0.717) is 25.3 Å². The zero-order valence-electron chi connectivity index (χ0n) is 13.2. The minimum Gasteiger partial charge on any atom is -0.487 e. The van der Waals surface area contributed by atoms with Gasteiger partial charge in [0.1, 0.15) is 11.9 Å². The van der Waals surface area contributed by atoms with Crippen molar-refractivity contribution in [1.29, 1.82) is 0 Å². The molecule has 1 saturated heterocycles. The lowest BCUT2D eigenvalue weighted by atomic mass is 10.3. The Kier molecular flexibility index (Phi) is 4.36. The van der Waals surface area contributed by atoms with E-state index in [2.05, 4.69) is 9.97 Å². The molecule has 7 nitrogen and oxygen atoms in total. The number of sulfonamides is 1. The van der Waals surface area contributed by atoms with Crippen LogP contribution in [-0.4, -0.2) is 46.5 Å². The third kappa shape index (κ3) is 3.37. The minimum absolute atomic E-state index is 0.0910. The summed E-state index contributed by atoms with van der Waals surface area (Å²) in [6.45, 7) is 4.71. The monoisotopic (exact) mass is 336 g/mol. The van der Waals surface area contributed by atoms with E-state index >= 15 is 0 Å². The second kappa shape index (κ2) is 6.29. The topological polar surface area (TPSA) is 77.3 Å². The molecule has 0 radical (unpaired) electrons. The van der Waals surface area contributed by atoms with Gasteiger partial charge in [0.25, 0.3) is 10.0 Å². The van der Waals surface area contributed by atoms with E-state index in [1.807, 2.05) is 19.9 Å². The van der Waals surface area contributed by atoms with E-state index in [1.165, 1.54) is 4.31 Å². The fourth-order valence-corrected chi connectivity index (χ4v) is 3.90. The van der Waals surface area contributed by atoms with Gasteiger partial charge >= 0.3 is 0 Å². The van der Waals surface area contributed by atoms with Crippen molar-refractivity contribution in [2.24, 2.45) is 0 Å². The van der Waals surface area contributed by atoms with Gasteiger partial charge in [-0.15, -0.1) is 0 Å². The van der Waals surface area contributed by atoms with Crippen molar-refractivity contribution < 1.29 is 13.2 Å². The first-order valence-electron chi connectivity index (χ1n) is 7.57. The third-order valence-corrected chi connectivity index (χ3v) is 5.57. The molecule has 0 bridgehead atoms. The SMILES string of the molecule is CC(C)n1cnc(S(=O)(=O)N2CC[C@@H](Oc3cccnc3)C2)c1. The van der Waals surface area contributed by atoms with Crippen LogP contribution < -0.4 is 4.74 Å². The molecule has 1 fully saturated rings. The molecule has 1 aliphatic rings. The lowest BCUT2D eigenvalue weighted by Gasteiger charge is -2.16. The summed E-state index contributed by atoms with van der Waals surface area (Å²) in [5.41, 5.74) is 0. The van der Waals surface area contributed by atoms with Crippen LogP contribution in [0.2, 0.25) is 0 Å². The minimum atomic E-state index is -3.57. The number of nitrogens with zero attached hydrogens (tertiary/aromatic N) is 4. The van der Waals surface area contributed by atoms with E-state index in [9.17, 15) is 8.42 Å². The molecule has 8 heteroatoms. The average Bonchev–Trinajstić information content (AvgIpc) is 3.18. The van der Waals surface area contributed by atoms with Crippen molar-refractivity contribution in [3.63, 3.8) is 0 Å². The Morgan fingerprint density at radius 2 is 2.22 bits per heavy atom. The molecular weight excluding hydrogens is 316 g/mol. The molecule has 0 spiro atoms. The number of aromatic nitrogens is 3. The van der Waals surface area contributed by atoms with Crippen molar-refractivity contribution >= 4 is 10.0 Å². The summed E-state index contributed by atoms with van der Waals surface area (Å²) in [5.74, 6) is 0.654. The Bertz CT molecular complexity index is 758. The van der Waals surface area contributed by atoms with Gasteiger partial charge in [-0.25, -0.2) is 13.4 Å². The number of ether oxygens (including phenoxy) is 1. The van der Waals surface area contributed by atoms with E-state index in [1.54, 1.807) is 35.6 Å². The third-order valence-electron chi connectivity index (χ3n) is 3.82. The Labute approximate surface area is 136 Å². The summed E-state index contributed by atoms with van der Waals surface area (Å²) in [6, 6.07) is 3.78. The van der Waals surface area contributed by atoms with Crippen LogP contribution in [-0.2, 0) is 10.0 Å². The highest BCUT2D eigenvalue weighted by atomic mass is 32.2. The molecule has 3 heterocycles. The maximum Gasteiger partial charge on any atom is 0.262 e. The number of pyridine rings is 1. The Hall–Kier alpha value is -1.93. The van der Waals surface area contributed by atoms with E-state index in [-0.39, 0.29) is 17.2 Å². The molecule has 0 amide bonds. The van der Waals surface area contributed by atoms with E-state index in [4.69, 9.17) is 4.74 Å². The van der Waals surface area contributed by atoms with Gasteiger partial charge in [0.05, 0.1) is 19.1 Å². The standard InChI is InChI=1S/C15H20N4O3S/c1-12(2)18-10-15(17-11-18)23(20,21)19-7-5-14(9-19)22-13-4-3-6-16-8-13/h3-4,6,8,10-12,14H,5,7,9H2,1-2H3/t14-/m1/s1. The first-order valence-corrected chi connectivity index (χ1v) is 9.01. The molecule has 0 unspecified atom stereocenters. The molecule has 23 heavy (non-hydrogen) atoms. The quantitative estimate of drug-likeness (QED) is 0.830. The molecule has 0 aliphatic carbocycles. The summed E-state index contributed by atoms with van der Waals surface area (Å²) in [7, 11) is -3.57. The molecule has 2 aromatic heterocycles. The molecule has 0 N–H and O–H groups in total. The number of rotatable bonds is 5. The molecule has 3 rings (SSSR count). The first kappa shape index (κ1) is 15.9. The largest absolute Gasteiger partial charge is 0.487 e. The van der Waals surface area contributed by atoms with Crippen molar-refractivity contribution in [3.05, 3.63) is 37.1 Å². The maximum atomic E-state index is 12.7. The van der Waals surface area contributed by atoms with Crippen LogP contribution in [0, 0.1) is 0 Å². The van der Waals surface area contributed by atoms with Gasteiger partial charge in [-0.1, -0.05) is 0 Å². The fraction of sp³-hybridized carbons (Fsp3) is 0.467. The van der Waals surface area contributed by atoms with Gasteiger partial charge in [-0.2, -0.15) is 4.31 Å². The van der Waals surface area contributed by atoms with E-state index < -0.39 is 10.0 Å². The first-order chi connectivity index (χ1) is 11.0. The molecule has 2 aromatic rings. The Balaban J connectivity index is 1.69. The predicted molar refractivity (Wildman–Crippen MR) is 84.6 cm³/mol. The average molecular weight is 336 g/mol. The van der Waals surface area contributed by atoms with Crippen molar-refractivity contribution in [2.45, 2.75) is 37.4 Å². The van der Waals surface area contributed by atoms with Crippen LogP contribution in [0.3, 0.4) is 0 Å². The second-order valence-corrected chi connectivity index (χ2v) is 7.72. The Morgan fingerprint density at radius 1 is 1.39 bits per heavy atom. The van der Waals surface area contributed by atoms with Gasteiger partial charge in [-0.05, 0) is 32.4 Å². The smallest absolute Gasteiger partial charge is 0.262 e. The number of hydrogen-bond donors (Lipinski definition) is 0. The summed E-state index contributed by atoms with van der Waals surface area (Å²) >= 11 is 0. The van der Waals surface area contributed by atoms with Crippen LogP contribution in [0.1, 0.15) is 26.3 Å². The summed E-state index contributed by atoms with van der Waals surface area (Å²) in [5, 5.41) is 0.0910. The highest BCUT2D eigenvalue weighted by Gasteiger charge is 2.35. The van der Waals surface area contributed by atoms with E-state index in [0.717, 1.165) is 0 Å². The zero-order valence-corrected chi connectivity index (χ0v) is 14.0. The molecule has 1 aliphatic heterocycles. The van der Waals surface area contributed by atoms with Crippen molar-refractivity contribution in [1.82, 2.24) is 18.8 Å². The molecular formula is C15H20N4O3S. The van der Waals surface area contributed by atoms with Crippen LogP contribution in [0.5, 0.6) is 5.75 Å². The highest BCUT2D eigenvalue weighted by molar-refractivity contribution is 7.89. The van der Waals surface area contributed by atoms with Gasteiger partial charge in [0.15, 0.2) is 5.03 Å². The maximum absolute atomic E-state index is 12.7. The van der Waals surface area contributed by atoms with Gasteiger partial charge < -0.3 is 9.30 Å². The summed E-state index contributed by atoms with van der Waals surface area (Å²) < 4.78 is 34.3. The van der Waals surface area contributed by atoms with Gasteiger partial charge in [0.2, 0.25) is 0 Å². The lowest BCUT2D eigenvalue weighted by molar-refractivity contribution is 0.214. The highest BCUT2D eigenvalue weighted by Crippen LogP contribution is 2.23. The fourth-order valence-electron chi connectivity index (χ4n) is 2.49. The van der Waals surface area contributed by atoms with Crippen LogP contribution in [0.4, 0.5) is 0 Å². The predicted octanol–water partition coefficient (Wildman–Crippen LogP) is 1.70.